The van der Waals surface area contributed by atoms with Gasteiger partial charge in [0.1, 0.15) is 6.04 Å². The predicted molar refractivity (Wildman–Crippen MR) is 59.6 cm³/mol. The van der Waals surface area contributed by atoms with E-state index in [0.717, 1.165) is 4.90 Å². The Morgan fingerprint density at radius 1 is 1.50 bits per heavy atom. The number of likely N-dealkylation sites (N-methyl/N-ethyl adjacent to an activating group) is 1. The molecule has 2 unspecified atom stereocenters. The van der Waals surface area contributed by atoms with Crippen LogP contribution in [-0.4, -0.2) is 53.0 Å². The molecule has 4 amide bonds. The fourth-order valence-corrected chi connectivity index (χ4v) is 1.60. The van der Waals surface area contributed by atoms with Crippen molar-refractivity contribution in [2.24, 2.45) is 0 Å². The molecule has 8 heteroatoms. The number of urea groups is 1. The van der Waals surface area contributed by atoms with Gasteiger partial charge in [0.05, 0.1) is 12.8 Å². The first-order chi connectivity index (χ1) is 8.31. The second kappa shape index (κ2) is 5.48. The Morgan fingerprint density at radius 3 is 2.56 bits per heavy atom. The lowest BCUT2D eigenvalue weighted by molar-refractivity contribution is -0.138. The minimum atomic E-state index is -1.03. The van der Waals surface area contributed by atoms with Crippen LogP contribution in [0.3, 0.4) is 0 Å². The molecular weight excluding hydrogens is 242 g/mol. The second-order valence-corrected chi connectivity index (χ2v) is 4.16. The van der Waals surface area contributed by atoms with Gasteiger partial charge in [0.2, 0.25) is 5.91 Å². The van der Waals surface area contributed by atoms with Crippen LogP contribution in [0, 0.1) is 0 Å². The Labute approximate surface area is 103 Å². The van der Waals surface area contributed by atoms with Crippen molar-refractivity contribution in [1.29, 1.82) is 0 Å². The van der Waals surface area contributed by atoms with Gasteiger partial charge in [-0.05, 0) is 6.92 Å². The zero-order chi connectivity index (χ0) is 13.9. The average molecular weight is 257 g/mol. The van der Waals surface area contributed by atoms with Gasteiger partial charge < -0.3 is 15.7 Å². The number of rotatable bonds is 4. The Bertz CT molecular complexity index is 395. The van der Waals surface area contributed by atoms with Crippen LogP contribution in [0.25, 0.3) is 0 Å². The molecule has 1 rings (SSSR count). The molecule has 100 valence electrons. The standard InChI is InChI=1S/C10H15N3O5/c1-5(3-8(15)16)11-10(18)12-6-4-7(14)13(2)9(6)17/h5-6H,3-4H2,1-2H3,(H,15,16)(H2,11,12,18). The van der Waals surface area contributed by atoms with Crippen LogP contribution in [0.5, 0.6) is 0 Å². The maximum atomic E-state index is 11.5. The van der Waals surface area contributed by atoms with E-state index in [1.54, 1.807) is 0 Å². The van der Waals surface area contributed by atoms with Gasteiger partial charge >= 0.3 is 12.0 Å². The number of carbonyl (C=O) groups excluding carboxylic acids is 3. The molecule has 0 bridgehead atoms. The van der Waals surface area contributed by atoms with Crippen LogP contribution >= 0.6 is 0 Å². The van der Waals surface area contributed by atoms with Crippen molar-refractivity contribution in [3.05, 3.63) is 0 Å². The average Bonchev–Trinajstić information content (AvgIpc) is 2.44. The Morgan fingerprint density at radius 2 is 2.11 bits per heavy atom. The number of hydrogen-bond acceptors (Lipinski definition) is 4. The van der Waals surface area contributed by atoms with Crippen molar-refractivity contribution in [2.75, 3.05) is 7.05 Å². The highest BCUT2D eigenvalue weighted by Gasteiger charge is 2.37. The van der Waals surface area contributed by atoms with E-state index in [9.17, 15) is 19.2 Å². The molecule has 3 N–H and O–H groups in total. The van der Waals surface area contributed by atoms with Gasteiger partial charge in [0, 0.05) is 13.1 Å². The molecule has 0 aromatic carbocycles. The third-order valence-electron chi connectivity index (χ3n) is 2.55. The van der Waals surface area contributed by atoms with Crippen molar-refractivity contribution in [1.82, 2.24) is 15.5 Å². The molecule has 1 saturated heterocycles. The number of hydrogen-bond donors (Lipinski definition) is 3. The van der Waals surface area contributed by atoms with E-state index in [-0.39, 0.29) is 18.7 Å². The molecule has 0 radical (unpaired) electrons. The highest BCUT2D eigenvalue weighted by molar-refractivity contribution is 6.06. The Balaban J connectivity index is 2.44. The molecule has 1 heterocycles. The molecule has 0 spiro atoms. The summed E-state index contributed by atoms with van der Waals surface area (Å²) in [6, 6.07) is -2.10. The number of carbonyl (C=O) groups is 4. The number of imide groups is 1. The van der Waals surface area contributed by atoms with Crippen molar-refractivity contribution < 1.29 is 24.3 Å². The summed E-state index contributed by atoms with van der Waals surface area (Å²) in [7, 11) is 1.34. The lowest BCUT2D eigenvalue weighted by Crippen LogP contribution is -2.48. The summed E-state index contributed by atoms with van der Waals surface area (Å²) in [4.78, 5) is 45.5. The van der Waals surface area contributed by atoms with Crippen molar-refractivity contribution in [3.8, 4) is 0 Å². The zero-order valence-electron chi connectivity index (χ0n) is 10.1. The largest absolute Gasteiger partial charge is 0.481 e. The molecular formula is C10H15N3O5. The predicted octanol–water partition coefficient (Wildman–Crippen LogP) is -1.09. The molecule has 2 atom stereocenters. The summed E-state index contributed by atoms with van der Waals surface area (Å²) in [6.07, 6.45) is -0.291. The van der Waals surface area contributed by atoms with Crippen LogP contribution in [0.4, 0.5) is 4.79 Å². The monoisotopic (exact) mass is 257 g/mol. The summed E-state index contributed by atoms with van der Waals surface area (Å²) < 4.78 is 0. The number of likely N-dealkylation sites (tertiary alicyclic amines) is 1. The zero-order valence-corrected chi connectivity index (χ0v) is 10.1. The van der Waals surface area contributed by atoms with E-state index in [1.165, 1.54) is 14.0 Å². The first kappa shape index (κ1) is 13.9. The molecule has 0 aliphatic carbocycles. The third-order valence-corrected chi connectivity index (χ3v) is 2.55. The second-order valence-electron chi connectivity index (χ2n) is 4.16. The molecule has 0 aromatic heterocycles. The minimum absolute atomic E-state index is 0.0733. The van der Waals surface area contributed by atoms with Crippen LogP contribution in [0.15, 0.2) is 0 Å². The van der Waals surface area contributed by atoms with E-state index in [0.29, 0.717) is 0 Å². The number of amides is 4. The minimum Gasteiger partial charge on any atom is -0.481 e. The maximum absolute atomic E-state index is 11.5. The lowest BCUT2D eigenvalue weighted by atomic mass is 10.2. The molecule has 8 nitrogen and oxygen atoms in total. The van der Waals surface area contributed by atoms with E-state index < -0.39 is 30.0 Å². The molecule has 0 saturated carbocycles. The number of nitrogens with one attached hydrogen (secondary N) is 2. The highest BCUT2D eigenvalue weighted by atomic mass is 16.4. The topological polar surface area (TPSA) is 116 Å². The maximum Gasteiger partial charge on any atom is 0.315 e. The highest BCUT2D eigenvalue weighted by Crippen LogP contribution is 2.10. The van der Waals surface area contributed by atoms with Gasteiger partial charge in [0.15, 0.2) is 0 Å². The molecule has 18 heavy (non-hydrogen) atoms. The van der Waals surface area contributed by atoms with Gasteiger partial charge in [-0.25, -0.2) is 4.79 Å². The summed E-state index contributed by atoms with van der Waals surface area (Å²) in [6.45, 7) is 1.53. The first-order valence-electron chi connectivity index (χ1n) is 5.40. The number of nitrogens with zero attached hydrogens (tertiary/aromatic N) is 1. The molecule has 0 aromatic rings. The molecule has 1 aliphatic heterocycles. The van der Waals surface area contributed by atoms with Crippen molar-refractivity contribution in [2.45, 2.75) is 31.8 Å². The smallest absolute Gasteiger partial charge is 0.315 e. The van der Waals surface area contributed by atoms with Crippen LogP contribution in [-0.2, 0) is 14.4 Å². The summed E-state index contributed by atoms with van der Waals surface area (Å²) in [5.74, 6) is -1.86. The number of carboxylic acid groups (broad SMARTS) is 1. The first-order valence-corrected chi connectivity index (χ1v) is 5.40. The third kappa shape index (κ3) is 3.44. The lowest BCUT2D eigenvalue weighted by Gasteiger charge is -2.15. The van der Waals surface area contributed by atoms with E-state index in [2.05, 4.69) is 10.6 Å². The molecule has 1 fully saturated rings. The van der Waals surface area contributed by atoms with Crippen LogP contribution in [0.2, 0.25) is 0 Å². The Kier molecular flexibility index (Phi) is 4.24. The quantitative estimate of drug-likeness (QED) is 0.553. The number of carboxylic acids is 1. The SMILES string of the molecule is CC(CC(=O)O)NC(=O)NC1CC(=O)N(C)C1=O. The van der Waals surface area contributed by atoms with E-state index in [4.69, 9.17) is 5.11 Å². The van der Waals surface area contributed by atoms with E-state index in [1.807, 2.05) is 0 Å². The van der Waals surface area contributed by atoms with Gasteiger partial charge in [-0.1, -0.05) is 0 Å². The Hall–Kier alpha value is -2.12. The summed E-state index contributed by atoms with van der Waals surface area (Å²) >= 11 is 0. The normalized spacial score (nSPS) is 20.8. The van der Waals surface area contributed by atoms with Crippen LogP contribution < -0.4 is 10.6 Å². The van der Waals surface area contributed by atoms with Gasteiger partial charge in [0.25, 0.3) is 5.91 Å². The van der Waals surface area contributed by atoms with Gasteiger partial charge in [-0.3, -0.25) is 19.3 Å². The fourth-order valence-electron chi connectivity index (χ4n) is 1.60. The van der Waals surface area contributed by atoms with Gasteiger partial charge in [-0.15, -0.1) is 0 Å². The number of aliphatic carboxylic acids is 1. The van der Waals surface area contributed by atoms with E-state index >= 15 is 0 Å². The summed E-state index contributed by atoms with van der Waals surface area (Å²) in [5.41, 5.74) is 0. The van der Waals surface area contributed by atoms with Crippen molar-refractivity contribution in [3.63, 3.8) is 0 Å². The fraction of sp³-hybridized carbons (Fsp3) is 0.600. The summed E-state index contributed by atoms with van der Waals surface area (Å²) in [5, 5.41) is 13.2. The van der Waals surface area contributed by atoms with Crippen LogP contribution in [0.1, 0.15) is 19.8 Å². The van der Waals surface area contributed by atoms with Crippen molar-refractivity contribution >= 4 is 23.8 Å². The molecule has 1 aliphatic rings. The van der Waals surface area contributed by atoms with Gasteiger partial charge in [-0.2, -0.15) is 0 Å².